The molecule has 1 heterocycles. The molecule has 1 aliphatic rings. The van der Waals surface area contributed by atoms with Gasteiger partial charge in [0.05, 0.1) is 13.2 Å². The Morgan fingerprint density at radius 3 is 3.00 bits per heavy atom. The minimum absolute atomic E-state index is 0.117. The molecule has 0 bridgehead atoms. The van der Waals surface area contributed by atoms with E-state index in [2.05, 4.69) is 5.32 Å². The summed E-state index contributed by atoms with van der Waals surface area (Å²) < 4.78 is 9.78. The lowest BCUT2D eigenvalue weighted by Gasteiger charge is -2.11. The molecule has 0 aromatic heterocycles. The number of carbonyl (C=O) groups excluding carboxylic acids is 1. The van der Waals surface area contributed by atoms with Gasteiger partial charge in [0.25, 0.3) is 0 Å². The Morgan fingerprint density at radius 2 is 2.40 bits per heavy atom. The van der Waals surface area contributed by atoms with Crippen molar-refractivity contribution in [3.63, 3.8) is 0 Å². The van der Waals surface area contributed by atoms with Crippen LogP contribution in [0, 0.1) is 0 Å². The molecule has 2 N–H and O–H groups in total. The maximum atomic E-state index is 10.8. The van der Waals surface area contributed by atoms with Crippen molar-refractivity contribution >= 4 is 6.09 Å². The summed E-state index contributed by atoms with van der Waals surface area (Å²) in [4.78, 5) is 10.8. The van der Waals surface area contributed by atoms with Gasteiger partial charge in [-0.05, 0) is 18.2 Å². The van der Waals surface area contributed by atoms with E-state index in [1.807, 2.05) is 0 Å². The van der Waals surface area contributed by atoms with Gasteiger partial charge in [0.15, 0.2) is 0 Å². The summed E-state index contributed by atoms with van der Waals surface area (Å²) >= 11 is 0. The molecule has 1 atom stereocenters. The summed E-state index contributed by atoms with van der Waals surface area (Å²) in [5.74, 6) is 0.746. The van der Waals surface area contributed by atoms with E-state index in [0.717, 1.165) is 0 Å². The van der Waals surface area contributed by atoms with E-state index in [-0.39, 0.29) is 18.4 Å². The van der Waals surface area contributed by atoms with E-state index in [1.54, 1.807) is 19.2 Å². The molecule has 15 heavy (non-hydrogen) atoms. The molecule has 1 aromatic carbocycles. The third-order valence-electron chi connectivity index (χ3n) is 2.28. The summed E-state index contributed by atoms with van der Waals surface area (Å²) in [7, 11) is 1.54. The SMILES string of the molecule is COc1ccc(O)c([C@H]2COC(=O)N2)c1. The fourth-order valence-electron chi connectivity index (χ4n) is 1.49. The van der Waals surface area contributed by atoms with Crippen LogP contribution in [-0.4, -0.2) is 24.9 Å². The number of phenolic OH excluding ortho intramolecular Hbond substituents is 1. The number of hydrogen-bond donors (Lipinski definition) is 2. The zero-order valence-electron chi connectivity index (χ0n) is 8.19. The number of carbonyl (C=O) groups is 1. The number of phenols is 1. The lowest BCUT2D eigenvalue weighted by molar-refractivity contribution is 0.177. The molecule has 0 unspecified atom stereocenters. The lowest BCUT2D eigenvalue weighted by atomic mass is 10.1. The Labute approximate surface area is 86.6 Å². The van der Waals surface area contributed by atoms with E-state index >= 15 is 0 Å². The number of nitrogens with one attached hydrogen (secondary N) is 1. The van der Waals surface area contributed by atoms with Gasteiger partial charge < -0.3 is 19.9 Å². The lowest BCUT2D eigenvalue weighted by Crippen LogP contribution is -2.18. The second-order valence-corrected chi connectivity index (χ2v) is 3.22. The van der Waals surface area contributed by atoms with Gasteiger partial charge in [0.2, 0.25) is 0 Å². The Morgan fingerprint density at radius 1 is 1.60 bits per heavy atom. The van der Waals surface area contributed by atoms with Gasteiger partial charge in [-0.15, -0.1) is 0 Å². The first-order chi connectivity index (χ1) is 7.20. The van der Waals surface area contributed by atoms with Crippen molar-refractivity contribution < 1.29 is 19.4 Å². The average molecular weight is 209 g/mol. The second-order valence-electron chi connectivity index (χ2n) is 3.22. The van der Waals surface area contributed by atoms with Crippen LogP contribution in [0.15, 0.2) is 18.2 Å². The fourth-order valence-corrected chi connectivity index (χ4v) is 1.49. The number of rotatable bonds is 2. The highest BCUT2D eigenvalue weighted by atomic mass is 16.6. The number of benzene rings is 1. The molecular weight excluding hydrogens is 198 g/mol. The van der Waals surface area contributed by atoms with Crippen LogP contribution in [0.4, 0.5) is 4.79 Å². The molecule has 0 spiro atoms. The van der Waals surface area contributed by atoms with Crippen LogP contribution in [0.1, 0.15) is 11.6 Å². The van der Waals surface area contributed by atoms with Gasteiger partial charge in [-0.1, -0.05) is 0 Å². The smallest absolute Gasteiger partial charge is 0.407 e. The maximum Gasteiger partial charge on any atom is 0.407 e. The van der Waals surface area contributed by atoms with Crippen LogP contribution >= 0.6 is 0 Å². The normalized spacial score (nSPS) is 19.5. The molecule has 2 rings (SSSR count). The molecule has 1 fully saturated rings. The molecule has 5 heteroatoms. The van der Waals surface area contributed by atoms with Crippen molar-refractivity contribution in [1.29, 1.82) is 0 Å². The van der Waals surface area contributed by atoms with Crippen LogP contribution in [0.2, 0.25) is 0 Å². The monoisotopic (exact) mass is 209 g/mol. The van der Waals surface area contributed by atoms with Crippen LogP contribution in [0.5, 0.6) is 11.5 Å². The van der Waals surface area contributed by atoms with Crippen LogP contribution in [0.3, 0.4) is 0 Å². The van der Waals surface area contributed by atoms with E-state index < -0.39 is 6.09 Å². The van der Waals surface area contributed by atoms with Crippen LogP contribution in [0.25, 0.3) is 0 Å². The van der Waals surface area contributed by atoms with Crippen molar-refractivity contribution in [2.45, 2.75) is 6.04 Å². The number of aromatic hydroxyl groups is 1. The first-order valence-corrected chi connectivity index (χ1v) is 4.51. The van der Waals surface area contributed by atoms with E-state index in [1.165, 1.54) is 6.07 Å². The van der Waals surface area contributed by atoms with Gasteiger partial charge in [-0.25, -0.2) is 4.79 Å². The molecule has 80 valence electrons. The third-order valence-corrected chi connectivity index (χ3v) is 2.28. The topological polar surface area (TPSA) is 67.8 Å². The third kappa shape index (κ3) is 1.81. The summed E-state index contributed by atoms with van der Waals surface area (Å²) in [5, 5.41) is 12.2. The molecule has 5 nitrogen and oxygen atoms in total. The minimum atomic E-state index is -0.470. The summed E-state index contributed by atoms with van der Waals surface area (Å²) in [6.45, 7) is 0.222. The molecule has 1 aliphatic heterocycles. The highest BCUT2D eigenvalue weighted by Crippen LogP contribution is 2.30. The van der Waals surface area contributed by atoms with Crippen molar-refractivity contribution in [3.05, 3.63) is 23.8 Å². The molecule has 1 saturated heterocycles. The molecular formula is C10H11NO4. The molecule has 1 amide bonds. The standard InChI is InChI=1S/C10H11NO4/c1-14-6-2-3-9(12)7(4-6)8-5-15-10(13)11-8/h2-4,8,12H,5H2,1H3,(H,11,13)/t8-/m1/s1. The predicted octanol–water partition coefficient (Wildman–Crippen LogP) is 1.18. The van der Waals surface area contributed by atoms with Crippen molar-refractivity contribution in [1.82, 2.24) is 5.32 Å². The van der Waals surface area contributed by atoms with E-state index in [4.69, 9.17) is 9.47 Å². The highest BCUT2D eigenvalue weighted by Gasteiger charge is 2.26. The summed E-state index contributed by atoms with van der Waals surface area (Å²) in [6, 6.07) is 4.54. The maximum absolute atomic E-state index is 10.8. The number of hydrogen-bond acceptors (Lipinski definition) is 4. The fraction of sp³-hybridized carbons (Fsp3) is 0.300. The quantitative estimate of drug-likeness (QED) is 0.767. The van der Waals surface area contributed by atoms with Gasteiger partial charge in [-0.2, -0.15) is 0 Å². The number of cyclic esters (lactones) is 1. The largest absolute Gasteiger partial charge is 0.508 e. The number of amides is 1. The molecule has 1 aromatic rings. The van der Waals surface area contributed by atoms with Gasteiger partial charge in [0, 0.05) is 5.56 Å². The number of methoxy groups -OCH3 is 1. The van der Waals surface area contributed by atoms with E-state index in [9.17, 15) is 9.90 Å². The zero-order chi connectivity index (χ0) is 10.8. The summed E-state index contributed by atoms with van der Waals surface area (Å²) in [5.41, 5.74) is 0.597. The van der Waals surface area contributed by atoms with Crippen molar-refractivity contribution in [3.8, 4) is 11.5 Å². The van der Waals surface area contributed by atoms with Gasteiger partial charge in [-0.3, -0.25) is 0 Å². The van der Waals surface area contributed by atoms with Gasteiger partial charge in [0.1, 0.15) is 18.1 Å². The predicted molar refractivity (Wildman–Crippen MR) is 51.9 cm³/mol. The number of ether oxygens (including phenoxy) is 2. The molecule has 0 aliphatic carbocycles. The molecule has 0 radical (unpaired) electrons. The Balaban J connectivity index is 2.30. The van der Waals surface area contributed by atoms with Crippen molar-refractivity contribution in [2.75, 3.05) is 13.7 Å². The summed E-state index contributed by atoms with van der Waals surface area (Å²) in [6.07, 6.45) is -0.470. The zero-order valence-corrected chi connectivity index (χ0v) is 8.19. The average Bonchev–Trinajstić information content (AvgIpc) is 2.65. The van der Waals surface area contributed by atoms with Crippen LogP contribution in [-0.2, 0) is 4.74 Å². The van der Waals surface area contributed by atoms with Crippen LogP contribution < -0.4 is 10.1 Å². The van der Waals surface area contributed by atoms with Crippen molar-refractivity contribution in [2.24, 2.45) is 0 Å². The van der Waals surface area contributed by atoms with E-state index in [0.29, 0.717) is 11.3 Å². The minimum Gasteiger partial charge on any atom is -0.508 e. The number of alkyl carbamates (subject to hydrolysis) is 1. The van der Waals surface area contributed by atoms with Gasteiger partial charge >= 0.3 is 6.09 Å². The second kappa shape index (κ2) is 3.68. The highest BCUT2D eigenvalue weighted by molar-refractivity contribution is 5.70. The first kappa shape index (κ1) is 9.64. The Hall–Kier alpha value is -1.91. The first-order valence-electron chi connectivity index (χ1n) is 4.51. The molecule has 0 saturated carbocycles. The Kier molecular flexibility index (Phi) is 2.37. The Bertz CT molecular complexity index is 391.